The Morgan fingerprint density at radius 1 is 0.933 bits per heavy atom. The van der Waals surface area contributed by atoms with Crippen molar-refractivity contribution < 1.29 is 0 Å². The van der Waals surface area contributed by atoms with E-state index >= 15 is 0 Å². The Morgan fingerprint density at radius 2 is 1.60 bits per heavy atom. The van der Waals surface area contributed by atoms with E-state index in [1.54, 1.807) is 20.9 Å². The quantitative estimate of drug-likeness (QED) is 0.669. The van der Waals surface area contributed by atoms with Gasteiger partial charge in [-0.05, 0) is 48.6 Å². The van der Waals surface area contributed by atoms with E-state index in [4.69, 9.17) is 0 Å². The molecule has 0 fully saturated rings. The van der Waals surface area contributed by atoms with Crippen LogP contribution < -0.4 is 0 Å². The van der Waals surface area contributed by atoms with E-state index in [-0.39, 0.29) is 0 Å². The second kappa shape index (κ2) is 4.29. The predicted octanol–water partition coefficient (Wildman–Crippen LogP) is 4.87. The van der Waals surface area contributed by atoms with Crippen LogP contribution in [0.15, 0.2) is 0 Å². The van der Waals surface area contributed by atoms with E-state index in [9.17, 15) is 0 Å². The molecule has 0 saturated heterocycles. The number of fused-ring (bicyclic) bond motifs is 1. The standard InChI is InChI=1S/C14H22S/c1-9(2)13-11-7-5-6-8-12(11)15-14(13)10(3)4/h9-10H,5-8H2,1-4H3. The topological polar surface area (TPSA) is 0 Å². The summed E-state index contributed by atoms with van der Waals surface area (Å²) in [7, 11) is 0. The summed E-state index contributed by atoms with van der Waals surface area (Å²) < 4.78 is 0. The molecule has 1 aromatic heterocycles. The normalized spacial score (nSPS) is 16.1. The van der Waals surface area contributed by atoms with Gasteiger partial charge in [0.15, 0.2) is 0 Å². The van der Waals surface area contributed by atoms with Crippen molar-refractivity contribution >= 4 is 11.3 Å². The molecule has 0 saturated carbocycles. The van der Waals surface area contributed by atoms with Crippen LogP contribution in [0.5, 0.6) is 0 Å². The lowest BCUT2D eigenvalue weighted by Gasteiger charge is -2.16. The highest BCUT2D eigenvalue weighted by Crippen LogP contribution is 2.41. The Balaban J connectivity index is 2.51. The molecule has 0 bridgehead atoms. The molecule has 0 nitrogen and oxygen atoms in total. The Hall–Kier alpha value is -0.300. The van der Waals surface area contributed by atoms with Gasteiger partial charge >= 0.3 is 0 Å². The molecule has 1 aliphatic carbocycles. The maximum absolute atomic E-state index is 2.35. The van der Waals surface area contributed by atoms with Gasteiger partial charge in [-0.2, -0.15) is 0 Å². The molecule has 2 rings (SSSR count). The number of aryl methyl sites for hydroxylation is 1. The first-order chi connectivity index (χ1) is 7.11. The van der Waals surface area contributed by atoms with Crippen molar-refractivity contribution in [3.8, 4) is 0 Å². The molecule has 1 heterocycles. The molecule has 1 aliphatic rings. The Labute approximate surface area is 97.7 Å². The van der Waals surface area contributed by atoms with Crippen LogP contribution >= 0.6 is 11.3 Å². The van der Waals surface area contributed by atoms with Crippen LogP contribution in [0.1, 0.15) is 73.3 Å². The van der Waals surface area contributed by atoms with Gasteiger partial charge in [-0.15, -0.1) is 11.3 Å². The van der Waals surface area contributed by atoms with Gasteiger partial charge in [0, 0.05) is 9.75 Å². The summed E-state index contributed by atoms with van der Waals surface area (Å²) in [5, 5.41) is 0. The SMILES string of the molecule is CC(C)c1sc2c(c1C(C)C)CCCC2. The largest absolute Gasteiger partial charge is 0.145 e. The Kier molecular flexibility index (Phi) is 3.20. The lowest BCUT2D eigenvalue weighted by molar-refractivity contribution is 0.680. The molecular weight excluding hydrogens is 200 g/mol. The van der Waals surface area contributed by atoms with E-state index < -0.39 is 0 Å². The van der Waals surface area contributed by atoms with E-state index in [1.165, 1.54) is 25.7 Å². The third-order valence-corrected chi connectivity index (χ3v) is 4.95. The van der Waals surface area contributed by atoms with Gasteiger partial charge in [0.25, 0.3) is 0 Å². The minimum Gasteiger partial charge on any atom is -0.145 e. The lowest BCUT2D eigenvalue weighted by Crippen LogP contribution is -2.03. The van der Waals surface area contributed by atoms with Crippen molar-refractivity contribution in [1.29, 1.82) is 0 Å². The lowest BCUT2D eigenvalue weighted by atomic mass is 9.88. The molecule has 0 unspecified atom stereocenters. The maximum atomic E-state index is 2.35. The zero-order valence-corrected chi connectivity index (χ0v) is 11.2. The van der Waals surface area contributed by atoms with Crippen molar-refractivity contribution in [1.82, 2.24) is 0 Å². The van der Waals surface area contributed by atoms with Gasteiger partial charge in [-0.3, -0.25) is 0 Å². The number of rotatable bonds is 2. The van der Waals surface area contributed by atoms with Crippen LogP contribution in [0.4, 0.5) is 0 Å². The van der Waals surface area contributed by atoms with E-state index in [1.807, 2.05) is 0 Å². The van der Waals surface area contributed by atoms with Gasteiger partial charge in [0.05, 0.1) is 0 Å². The number of hydrogen-bond acceptors (Lipinski definition) is 1. The molecule has 1 heteroatoms. The van der Waals surface area contributed by atoms with Crippen LogP contribution in [-0.2, 0) is 12.8 Å². The number of hydrogen-bond donors (Lipinski definition) is 0. The van der Waals surface area contributed by atoms with Crippen LogP contribution in [0, 0.1) is 0 Å². The Morgan fingerprint density at radius 3 is 2.20 bits per heavy atom. The summed E-state index contributed by atoms with van der Waals surface area (Å²) in [6.07, 6.45) is 5.49. The van der Waals surface area contributed by atoms with Crippen LogP contribution in [0.25, 0.3) is 0 Å². The average molecular weight is 222 g/mol. The van der Waals surface area contributed by atoms with Gasteiger partial charge in [-0.1, -0.05) is 27.7 Å². The zero-order valence-electron chi connectivity index (χ0n) is 10.4. The monoisotopic (exact) mass is 222 g/mol. The van der Waals surface area contributed by atoms with Crippen LogP contribution in [-0.4, -0.2) is 0 Å². The molecule has 0 radical (unpaired) electrons. The molecule has 0 N–H and O–H groups in total. The van der Waals surface area contributed by atoms with E-state index in [2.05, 4.69) is 39.0 Å². The van der Waals surface area contributed by atoms with Crippen molar-refractivity contribution in [3.63, 3.8) is 0 Å². The highest BCUT2D eigenvalue weighted by Gasteiger charge is 2.23. The third kappa shape index (κ3) is 1.99. The molecule has 15 heavy (non-hydrogen) atoms. The molecule has 0 aromatic carbocycles. The summed E-state index contributed by atoms with van der Waals surface area (Å²) in [5.74, 6) is 1.42. The first-order valence-electron chi connectivity index (χ1n) is 6.25. The van der Waals surface area contributed by atoms with Crippen molar-refractivity contribution in [2.75, 3.05) is 0 Å². The fourth-order valence-electron chi connectivity index (χ4n) is 2.67. The molecular formula is C14H22S. The highest BCUT2D eigenvalue weighted by molar-refractivity contribution is 7.12. The van der Waals surface area contributed by atoms with Crippen molar-refractivity contribution in [3.05, 3.63) is 20.9 Å². The maximum Gasteiger partial charge on any atom is 0.0111 e. The fraction of sp³-hybridized carbons (Fsp3) is 0.714. The average Bonchev–Trinajstić information content (AvgIpc) is 2.56. The highest BCUT2D eigenvalue weighted by atomic mass is 32.1. The van der Waals surface area contributed by atoms with Crippen LogP contribution in [0.3, 0.4) is 0 Å². The van der Waals surface area contributed by atoms with E-state index in [0.717, 1.165) is 0 Å². The second-order valence-corrected chi connectivity index (χ2v) is 6.43. The van der Waals surface area contributed by atoms with Gasteiger partial charge in [-0.25, -0.2) is 0 Å². The number of thiophene rings is 1. The molecule has 1 aromatic rings. The third-order valence-electron chi connectivity index (χ3n) is 3.34. The minimum atomic E-state index is 0.706. The van der Waals surface area contributed by atoms with Crippen molar-refractivity contribution in [2.24, 2.45) is 0 Å². The summed E-state index contributed by atoms with van der Waals surface area (Å²) >= 11 is 2.10. The Bertz CT molecular complexity index is 344. The van der Waals surface area contributed by atoms with Gasteiger partial charge in [0.2, 0.25) is 0 Å². The fourth-order valence-corrected chi connectivity index (χ4v) is 4.23. The molecule has 0 atom stereocenters. The first kappa shape index (κ1) is 11.2. The summed E-state index contributed by atoms with van der Waals surface area (Å²) in [5.41, 5.74) is 3.43. The first-order valence-corrected chi connectivity index (χ1v) is 7.07. The summed E-state index contributed by atoms with van der Waals surface area (Å²) in [6, 6.07) is 0. The molecule has 0 amide bonds. The van der Waals surface area contributed by atoms with Gasteiger partial charge in [0.1, 0.15) is 0 Å². The van der Waals surface area contributed by atoms with E-state index in [0.29, 0.717) is 11.8 Å². The van der Waals surface area contributed by atoms with Gasteiger partial charge < -0.3 is 0 Å². The molecule has 0 aliphatic heterocycles. The predicted molar refractivity (Wildman–Crippen MR) is 69.1 cm³/mol. The smallest absolute Gasteiger partial charge is 0.0111 e. The summed E-state index contributed by atoms with van der Waals surface area (Å²) in [4.78, 5) is 3.37. The molecule has 0 spiro atoms. The second-order valence-electron chi connectivity index (χ2n) is 5.30. The molecule has 84 valence electrons. The summed E-state index contributed by atoms with van der Waals surface area (Å²) in [6.45, 7) is 9.37. The van der Waals surface area contributed by atoms with Crippen LogP contribution in [0.2, 0.25) is 0 Å². The van der Waals surface area contributed by atoms with Crippen molar-refractivity contribution in [2.45, 2.75) is 65.2 Å². The minimum absolute atomic E-state index is 0.706. The zero-order chi connectivity index (χ0) is 11.0.